The van der Waals surface area contributed by atoms with Gasteiger partial charge in [0.05, 0.1) is 0 Å². The second-order valence-electron chi connectivity index (χ2n) is 8.27. The fourth-order valence-electron chi connectivity index (χ4n) is 3.08. The molecule has 1 aromatic heterocycles. The maximum absolute atomic E-state index is 12.9. The van der Waals surface area contributed by atoms with Crippen molar-refractivity contribution in [1.82, 2.24) is 5.32 Å². The van der Waals surface area contributed by atoms with Crippen molar-refractivity contribution in [3.05, 3.63) is 76.1 Å². The highest BCUT2D eigenvalue weighted by atomic mass is 16.6. The Balaban J connectivity index is 1.78. The number of nitrogens with one attached hydrogen (secondary N) is 1. The Bertz CT molecular complexity index is 1160. The molecule has 168 valence electrons. The van der Waals surface area contributed by atoms with Crippen molar-refractivity contribution in [1.29, 1.82) is 0 Å². The van der Waals surface area contributed by atoms with Gasteiger partial charge < -0.3 is 24.3 Å². The molecule has 1 amide bonds. The Morgan fingerprint density at radius 3 is 2.50 bits per heavy atom. The maximum Gasteiger partial charge on any atom is 0.408 e. The van der Waals surface area contributed by atoms with Crippen LogP contribution in [0.5, 0.6) is 5.75 Å². The lowest BCUT2D eigenvalue weighted by Crippen LogP contribution is -2.45. The number of carbonyl (C=O) groups excluding carboxylic acids is 2. The number of aromatic hydroxyl groups is 1. The molecule has 32 heavy (non-hydrogen) atoms. The van der Waals surface area contributed by atoms with Crippen LogP contribution in [0.1, 0.15) is 31.9 Å². The number of fused-ring (bicyclic) bond motifs is 1. The molecule has 0 aliphatic heterocycles. The average molecular weight is 439 g/mol. The lowest BCUT2D eigenvalue weighted by molar-refractivity contribution is -0.147. The van der Waals surface area contributed by atoms with Crippen LogP contribution in [0, 0.1) is 0 Å². The number of alkyl carbamates (subject to hydrolysis) is 1. The van der Waals surface area contributed by atoms with Crippen LogP contribution in [0.4, 0.5) is 4.79 Å². The number of rotatable bonds is 6. The van der Waals surface area contributed by atoms with Gasteiger partial charge in [0.2, 0.25) is 0 Å². The molecule has 3 aromatic rings. The van der Waals surface area contributed by atoms with Gasteiger partial charge in [0.25, 0.3) is 0 Å². The van der Waals surface area contributed by atoms with Crippen LogP contribution in [0.2, 0.25) is 0 Å². The molecule has 0 bridgehead atoms. The molecule has 8 nitrogen and oxygen atoms in total. The summed E-state index contributed by atoms with van der Waals surface area (Å²) in [6.07, 6.45) is -0.540. The summed E-state index contributed by atoms with van der Waals surface area (Å²) in [5.41, 5.74) is 0.0543. The van der Waals surface area contributed by atoms with E-state index in [4.69, 9.17) is 13.9 Å². The van der Waals surface area contributed by atoms with E-state index in [2.05, 4.69) is 5.32 Å². The number of carbonyl (C=O) groups is 2. The Hall–Kier alpha value is -3.81. The molecule has 0 saturated heterocycles. The third-order valence-corrected chi connectivity index (χ3v) is 4.44. The Morgan fingerprint density at radius 2 is 1.81 bits per heavy atom. The standard InChI is InChI=1S/C24H25NO7/c1-24(2,3)32-23(29)25-19(11-15-7-5-4-6-8-15)22(28)30-14-16-12-21(27)31-20-13-17(26)9-10-18(16)20/h4-10,12-13,19,26H,11,14H2,1-3H3,(H,25,29)/t19-/m0/s1. The van der Waals surface area contributed by atoms with Crippen molar-refractivity contribution in [3.8, 4) is 5.75 Å². The fraction of sp³-hybridized carbons (Fsp3) is 0.292. The number of hydrogen-bond acceptors (Lipinski definition) is 7. The first kappa shape index (κ1) is 22.9. The second kappa shape index (κ2) is 9.55. The van der Waals surface area contributed by atoms with Crippen molar-refractivity contribution < 1.29 is 28.6 Å². The molecule has 0 unspecified atom stereocenters. The average Bonchev–Trinajstić information content (AvgIpc) is 2.70. The first-order valence-corrected chi connectivity index (χ1v) is 10.1. The van der Waals surface area contributed by atoms with Gasteiger partial charge >= 0.3 is 17.7 Å². The predicted octanol–water partition coefficient (Wildman–Crippen LogP) is 3.68. The molecule has 1 atom stereocenters. The van der Waals surface area contributed by atoms with E-state index in [-0.39, 0.29) is 24.4 Å². The molecule has 8 heteroatoms. The van der Waals surface area contributed by atoms with Crippen LogP contribution < -0.4 is 10.9 Å². The molecule has 0 saturated carbocycles. The zero-order chi connectivity index (χ0) is 23.3. The highest BCUT2D eigenvalue weighted by Crippen LogP contribution is 2.22. The van der Waals surface area contributed by atoms with E-state index in [1.165, 1.54) is 18.2 Å². The van der Waals surface area contributed by atoms with Crippen LogP contribution >= 0.6 is 0 Å². The van der Waals surface area contributed by atoms with Crippen LogP contribution in [0.15, 0.2) is 63.8 Å². The Labute approximate surface area is 184 Å². The fourth-order valence-corrected chi connectivity index (χ4v) is 3.08. The summed E-state index contributed by atoms with van der Waals surface area (Å²) in [6.45, 7) is 4.95. The first-order valence-electron chi connectivity index (χ1n) is 10.1. The molecular weight excluding hydrogens is 414 g/mol. The van der Waals surface area contributed by atoms with Crippen LogP contribution in [-0.2, 0) is 27.3 Å². The van der Waals surface area contributed by atoms with Gasteiger partial charge in [-0.15, -0.1) is 0 Å². The molecular formula is C24H25NO7. The number of amides is 1. The van der Waals surface area contributed by atoms with Crippen LogP contribution in [0.3, 0.4) is 0 Å². The number of benzene rings is 2. The van der Waals surface area contributed by atoms with Crippen molar-refractivity contribution >= 4 is 23.0 Å². The largest absolute Gasteiger partial charge is 0.508 e. The summed E-state index contributed by atoms with van der Waals surface area (Å²) in [6, 6.07) is 13.7. The van der Waals surface area contributed by atoms with Crippen molar-refractivity contribution in [2.75, 3.05) is 0 Å². The zero-order valence-corrected chi connectivity index (χ0v) is 18.1. The van der Waals surface area contributed by atoms with E-state index in [1.54, 1.807) is 26.8 Å². The van der Waals surface area contributed by atoms with E-state index in [9.17, 15) is 19.5 Å². The monoisotopic (exact) mass is 439 g/mol. The smallest absolute Gasteiger partial charge is 0.408 e. The first-order chi connectivity index (χ1) is 15.1. The molecule has 1 heterocycles. The third-order valence-electron chi connectivity index (χ3n) is 4.44. The quantitative estimate of drug-likeness (QED) is 0.445. The summed E-state index contributed by atoms with van der Waals surface area (Å²) in [4.78, 5) is 37.0. The molecule has 0 spiro atoms. The normalized spacial score (nSPS) is 12.2. The van der Waals surface area contributed by atoms with E-state index < -0.39 is 29.3 Å². The van der Waals surface area contributed by atoms with Gasteiger partial charge in [0, 0.05) is 29.5 Å². The third kappa shape index (κ3) is 6.34. The van der Waals surface area contributed by atoms with Crippen molar-refractivity contribution in [2.45, 2.75) is 45.4 Å². The number of hydrogen-bond donors (Lipinski definition) is 2. The number of esters is 1. The predicted molar refractivity (Wildman–Crippen MR) is 117 cm³/mol. The summed E-state index contributed by atoms with van der Waals surface area (Å²) >= 11 is 0. The van der Waals surface area contributed by atoms with Crippen LogP contribution in [0.25, 0.3) is 11.0 Å². The molecule has 0 aliphatic carbocycles. The van der Waals surface area contributed by atoms with E-state index in [0.717, 1.165) is 5.56 Å². The van der Waals surface area contributed by atoms with Gasteiger partial charge in [-0.2, -0.15) is 0 Å². The number of phenols is 1. The Kier molecular flexibility index (Phi) is 6.82. The highest BCUT2D eigenvalue weighted by molar-refractivity contribution is 5.83. The minimum absolute atomic E-state index is 0.0562. The molecule has 0 radical (unpaired) electrons. The topological polar surface area (TPSA) is 115 Å². The van der Waals surface area contributed by atoms with Gasteiger partial charge in [-0.25, -0.2) is 14.4 Å². The second-order valence-corrected chi connectivity index (χ2v) is 8.27. The van der Waals surface area contributed by atoms with E-state index in [1.807, 2.05) is 30.3 Å². The van der Waals surface area contributed by atoms with Gasteiger partial charge in [0.15, 0.2) is 0 Å². The van der Waals surface area contributed by atoms with Gasteiger partial charge in [-0.3, -0.25) is 0 Å². The SMILES string of the molecule is CC(C)(C)OC(=O)N[C@@H](Cc1ccccc1)C(=O)OCc1cc(=O)oc2cc(O)ccc12. The van der Waals surface area contributed by atoms with Gasteiger partial charge in [-0.05, 0) is 38.5 Å². The summed E-state index contributed by atoms with van der Waals surface area (Å²) < 4.78 is 15.8. The number of phenolic OH excluding ortho intramolecular Hbond substituents is 1. The number of ether oxygens (including phenoxy) is 2. The lowest BCUT2D eigenvalue weighted by Gasteiger charge is -2.23. The van der Waals surface area contributed by atoms with Crippen molar-refractivity contribution in [3.63, 3.8) is 0 Å². The highest BCUT2D eigenvalue weighted by Gasteiger charge is 2.26. The molecule has 0 aliphatic rings. The molecule has 2 N–H and O–H groups in total. The summed E-state index contributed by atoms with van der Waals surface area (Å²) in [5, 5.41) is 12.7. The summed E-state index contributed by atoms with van der Waals surface area (Å²) in [5.74, 6) is -0.737. The lowest BCUT2D eigenvalue weighted by atomic mass is 10.1. The maximum atomic E-state index is 12.9. The van der Waals surface area contributed by atoms with Gasteiger partial charge in [0.1, 0.15) is 29.6 Å². The van der Waals surface area contributed by atoms with Crippen molar-refractivity contribution in [2.24, 2.45) is 0 Å². The summed E-state index contributed by atoms with van der Waals surface area (Å²) in [7, 11) is 0. The van der Waals surface area contributed by atoms with Gasteiger partial charge in [-0.1, -0.05) is 30.3 Å². The molecule has 0 fully saturated rings. The minimum Gasteiger partial charge on any atom is -0.508 e. The van der Waals surface area contributed by atoms with E-state index in [0.29, 0.717) is 10.9 Å². The Morgan fingerprint density at radius 1 is 1.09 bits per heavy atom. The van der Waals surface area contributed by atoms with Crippen LogP contribution in [-0.4, -0.2) is 28.8 Å². The minimum atomic E-state index is -0.998. The van der Waals surface area contributed by atoms with E-state index >= 15 is 0 Å². The zero-order valence-electron chi connectivity index (χ0n) is 18.1. The molecule has 3 rings (SSSR count). The molecule has 2 aromatic carbocycles.